The number of nitro groups is 1. The van der Waals surface area contributed by atoms with Gasteiger partial charge in [-0.3, -0.25) is 19.7 Å². The molecule has 0 amide bonds. The second-order valence-electron chi connectivity index (χ2n) is 4.51. The van der Waals surface area contributed by atoms with E-state index in [9.17, 15) is 19.7 Å². The predicted octanol–water partition coefficient (Wildman–Crippen LogP) is 2.47. The fourth-order valence-corrected chi connectivity index (χ4v) is 2.25. The normalized spacial score (nSPS) is 13.3. The van der Waals surface area contributed by atoms with Gasteiger partial charge in [0.1, 0.15) is 11.7 Å². The first kappa shape index (κ1) is 17.1. The molecule has 0 bridgehead atoms. The Morgan fingerprint density at radius 3 is 2.33 bits per heavy atom. The quantitative estimate of drug-likeness (QED) is 0.334. The van der Waals surface area contributed by atoms with E-state index in [1.54, 1.807) is 31.2 Å². The van der Waals surface area contributed by atoms with Gasteiger partial charge in [0.25, 0.3) is 0 Å². The molecule has 0 aromatic heterocycles. The van der Waals surface area contributed by atoms with Crippen molar-refractivity contribution in [1.82, 2.24) is 0 Å². The standard InChI is InChI=1S/C14H16ClNO5/c1-3-21-14(18)13(9(2)17)12(8-16(19)20)10-4-6-11(15)7-5-10/h4-7,12-13H,3,8H2,1-2H3/t12?,13-/m0/s1. The topological polar surface area (TPSA) is 86.5 Å². The molecule has 0 fully saturated rings. The van der Waals surface area contributed by atoms with Gasteiger partial charge in [-0.1, -0.05) is 23.7 Å². The molecule has 0 saturated carbocycles. The zero-order valence-electron chi connectivity index (χ0n) is 11.7. The molecular formula is C14H16ClNO5. The van der Waals surface area contributed by atoms with Crippen LogP contribution in [0.2, 0.25) is 5.02 Å². The first-order valence-electron chi connectivity index (χ1n) is 6.41. The van der Waals surface area contributed by atoms with Gasteiger partial charge in [-0.15, -0.1) is 0 Å². The van der Waals surface area contributed by atoms with Gasteiger partial charge < -0.3 is 4.74 Å². The lowest BCUT2D eigenvalue weighted by Crippen LogP contribution is -2.34. The number of esters is 1. The van der Waals surface area contributed by atoms with Crippen molar-refractivity contribution in [1.29, 1.82) is 0 Å². The number of hydrogen-bond acceptors (Lipinski definition) is 5. The molecule has 21 heavy (non-hydrogen) atoms. The van der Waals surface area contributed by atoms with Crippen LogP contribution < -0.4 is 0 Å². The molecule has 0 spiro atoms. The number of carbonyl (C=O) groups is 2. The summed E-state index contributed by atoms with van der Waals surface area (Å²) in [6.45, 7) is 2.41. The zero-order chi connectivity index (χ0) is 16.0. The van der Waals surface area contributed by atoms with Crippen LogP contribution in [0, 0.1) is 16.0 Å². The van der Waals surface area contributed by atoms with Crippen molar-refractivity contribution < 1.29 is 19.2 Å². The lowest BCUT2D eigenvalue weighted by Gasteiger charge is -2.21. The Morgan fingerprint density at radius 2 is 1.90 bits per heavy atom. The number of ether oxygens (including phenoxy) is 1. The summed E-state index contributed by atoms with van der Waals surface area (Å²) >= 11 is 5.78. The predicted molar refractivity (Wildman–Crippen MR) is 76.9 cm³/mol. The fourth-order valence-electron chi connectivity index (χ4n) is 2.12. The highest BCUT2D eigenvalue weighted by Gasteiger charge is 2.37. The Labute approximate surface area is 127 Å². The first-order valence-corrected chi connectivity index (χ1v) is 6.79. The number of benzene rings is 1. The summed E-state index contributed by atoms with van der Waals surface area (Å²) < 4.78 is 4.86. The largest absolute Gasteiger partial charge is 0.465 e. The number of halogens is 1. The maximum absolute atomic E-state index is 12.0. The van der Waals surface area contributed by atoms with Gasteiger partial charge >= 0.3 is 5.97 Å². The van der Waals surface area contributed by atoms with E-state index in [0.29, 0.717) is 10.6 Å². The number of Topliss-reactive ketones (excluding diaryl/α,β-unsaturated/α-hetero) is 1. The fraction of sp³-hybridized carbons (Fsp3) is 0.429. The average molecular weight is 314 g/mol. The van der Waals surface area contributed by atoms with E-state index in [1.165, 1.54) is 6.92 Å². The van der Waals surface area contributed by atoms with Crippen LogP contribution in [0.5, 0.6) is 0 Å². The van der Waals surface area contributed by atoms with Crippen LogP contribution in [0.4, 0.5) is 0 Å². The highest BCUT2D eigenvalue weighted by atomic mass is 35.5. The summed E-state index contributed by atoms with van der Waals surface area (Å²) in [5, 5.41) is 11.3. The van der Waals surface area contributed by atoms with Crippen LogP contribution in [0.15, 0.2) is 24.3 Å². The van der Waals surface area contributed by atoms with Crippen molar-refractivity contribution in [2.45, 2.75) is 19.8 Å². The first-order chi connectivity index (χ1) is 9.86. The second-order valence-corrected chi connectivity index (χ2v) is 4.95. The number of rotatable bonds is 7. The highest BCUT2D eigenvalue weighted by molar-refractivity contribution is 6.30. The highest BCUT2D eigenvalue weighted by Crippen LogP contribution is 2.28. The Balaban J connectivity index is 3.19. The Hall–Kier alpha value is -1.95. The van der Waals surface area contributed by atoms with Crippen molar-refractivity contribution in [3.63, 3.8) is 0 Å². The molecule has 2 atom stereocenters. The van der Waals surface area contributed by atoms with Crippen LogP contribution in [-0.2, 0) is 14.3 Å². The molecule has 1 unspecified atom stereocenters. The van der Waals surface area contributed by atoms with E-state index in [4.69, 9.17) is 16.3 Å². The minimum Gasteiger partial charge on any atom is -0.465 e. The van der Waals surface area contributed by atoms with E-state index in [0.717, 1.165) is 0 Å². The Bertz CT molecular complexity index is 529. The minimum atomic E-state index is -1.20. The maximum Gasteiger partial charge on any atom is 0.317 e. The van der Waals surface area contributed by atoms with Gasteiger partial charge in [0.2, 0.25) is 6.54 Å². The van der Waals surface area contributed by atoms with Crippen LogP contribution in [0.3, 0.4) is 0 Å². The molecule has 7 heteroatoms. The third-order valence-corrected chi connectivity index (χ3v) is 3.28. The van der Waals surface area contributed by atoms with Gasteiger partial charge in [0.15, 0.2) is 0 Å². The zero-order valence-corrected chi connectivity index (χ0v) is 12.5. The second kappa shape index (κ2) is 7.73. The maximum atomic E-state index is 12.0. The molecule has 6 nitrogen and oxygen atoms in total. The minimum absolute atomic E-state index is 0.106. The Morgan fingerprint density at radius 1 is 1.33 bits per heavy atom. The molecule has 0 saturated heterocycles. The monoisotopic (exact) mass is 313 g/mol. The van der Waals surface area contributed by atoms with Crippen molar-refractivity contribution in [3.05, 3.63) is 45.0 Å². The van der Waals surface area contributed by atoms with Crippen molar-refractivity contribution in [2.75, 3.05) is 13.2 Å². The van der Waals surface area contributed by atoms with E-state index >= 15 is 0 Å². The summed E-state index contributed by atoms with van der Waals surface area (Å²) in [6, 6.07) is 6.27. The molecule has 0 radical (unpaired) electrons. The van der Waals surface area contributed by atoms with Crippen molar-refractivity contribution in [3.8, 4) is 0 Å². The average Bonchev–Trinajstić information content (AvgIpc) is 2.38. The van der Waals surface area contributed by atoms with Crippen molar-refractivity contribution in [2.24, 2.45) is 5.92 Å². The molecule has 0 aliphatic carbocycles. The number of ketones is 1. The van der Waals surface area contributed by atoms with E-state index in [-0.39, 0.29) is 6.61 Å². The summed E-state index contributed by atoms with van der Waals surface area (Å²) in [5.74, 6) is -3.28. The Kier molecular flexibility index (Phi) is 6.30. The summed E-state index contributed by atoms with van der Waals surface area (Å²) in [7, 11) is 0. The van der Waals surface area contributed by atoms with E-state index in [1.807, 2.05) is 0 Å². The molecule has 0 N–H and O–H groups in total. The van der Waals surface area contributed by atoms with E-state index < -0.39 is 35.1 Å². The van der Waals surface area contributed by atoms with Crippen molar-refractivity contribution >= 4 is 23.4 Å². The molecule has 0 aliphatic rings. The molecule has 1 rings (SSSR count). The van der Waals surface area contributed by atoms with Crippen LogP contribution in [0.25, 0.3) is 0 Å². The lowest BCUT2D eigenvalue weighted by molar-refractivity contribution is -0.484. The van der Waals surface area contributed by atoms with Gasteiger partial charge in [0.05, 0.1) is 12.5 Å². The van der Waals surface area contributed by atoms with Gasteiger partial charge in [-0.2, -0.15) is 0 Å². The van der Waals surface area contributed by atoms with Gasteiger partial charge in [0, 0.05) is 9.95 Å². The van der Waals surface area contributed by atoms with Crippen LogP contribution >= 0.6 is 11.6 Å². The molecule has 1 aromatic rings. The van der Waals surface area contributed by atoms with Gasteiger partial charge in [-0.05, 0) is 31.5 Å². The van der Waals surface area contributed by atoms with Crippen LogP contribution in [-0.4, -0.2) is 29.8 Å². The molecular weight excluding hydrogens is 298 g/mol. The summed E-state index contributed by atoms with van der Waals surface area (Å²) in [4.78, 5) is 34.1. The summed E-state index contributed by atoms with van der Waals surface area (Å²) in [5.41, 5.74) is 0.504. The molecule has 1 aromatic carbocycles. The smallest absolute Gasteiger partial charge is 0.317 e. The molecule has 114 valence electrons. The van der Waals surface area contributed by atoms with Crippen LogP contribution in [0.1, 0.15) is 25.3 Å². The third kappa shape index (κ3) is 4.82. The summed E-state index contributed by atoms with van der Waals surface area (Å²) in [6.07, 6.45) is 0. The SMILES string of the molecule is CCOC(=O)[C@@H](C(C)=O)C(C[N+](=O)[O-])c1ccc(Cl)cc1. The third-order valence-electron chi connectivity index (χ3n) is 3.02. The van der Waals surface area contributed by atoms with E-state index in [2.05, 4.69) is 0 Å². The number of carbonyl (C=O) groups excluding carboxylic acids is 2. The molecule has 0 aliphatic heterocycles. The number of nitrogens with zero attached hydrogens (tertiary/aromatic N) is 1. The van der Waals surface area contributed by atoms with Gasteiger partial charge in [-0.25, -0.2) is 0 Å². The lowest BCUT2D eigenvalue weighted by atomic mass is 9.83. The number of hydrogen-bond donors (Lipinski definition) is 0. The molecule has 0 heterocycles.